The van der Waals surface area contributed by atoms with E-state index in [4.69, 9.17) is 0 Å². The minimum Gasteiger partial charge on any atom is -0.354 e. The number of hydrogen-bond donors (Lipinski definition) is 2. The van der Waals surface area contributed by atoms with E-state index in [1.807, 2.05) is 36.4 Å². The summed E-state index contributed by atoms with van der Waals surface area (Å²) in [5, 5.41) is 5.29. The molecule has 1 atom stereocenters. The van der Waals surface area contributed by atoms with Gasteiger partial charge in [-0.05, 0) is 12.3 Å². The number of carbonyl (C=O) groups excluding carboxylic acids is 2. The maximum atomic E-state index is 11.4. The smallest absolute Gasteiger partial charge is 0.239 e. The maximum absolute atomic E-state index is 11.4. The number of rotatable bonds is 6. The van der Waals surface area contributed by atoms with Crippen LogP contribution in [0.2, 0.25) is 0 Å². The van der Waals surface area contributed by atoms with E-state index in [0.29, 0.717) is 6.54 Å². The Kier molecular flexibility index (Phi) is 6.62. The molecule has 0 aromatic heterocycles. The molecule has 0 aliphatic rings. The molecule has 16 heavy (non-hydrogen) atoms. The van der Waals surface area contributed by atoms with Gasteiger partial charge in [0.2, 0.25) is 11.8 Å². The normalized spacial score (nSPS) is 12.8. The van der Waals surface area contributed by atoms with E-state index in [-0.39, 0.29) is 27.7 Å². The quantitative estimate of drug-likeness (QED) is 0.435. The summed E-state index contributed by atoms with van der Waals surface area (Å²) in [6.45, 7) is 9.96. The fourth-order valence-electron chi connectivity index (χ4n) is 0.769. The topological polar surface area (TPSA) is 58.2 Å². The first-order valence-electron chi connectivity index (χ1n) is 5.10. The molecule has 0 aromatic rings. The Balaban J connectivity index is 3.84. The molecule has 2 N–H and O–H groups in total. The van der Waals surface area contributed by atoms with Crippen molar-refractivity contribution in [2.24, 2.45) is 5.41 Å². The van der Waals surface area contributed by atoms with Gasteiger partial charge in [-0.2, -0.15) is 0 Å². The lowest BCUT2D eigenvalue weighted by atomic mass is 9.94. The summed E-state index contributed by atoms with van der Waals surface area (Å²) < 4.78 is -0.130. The largest absolute Gasteiger partial charge is 0.354 e. The average Bonchev–Trinajstić information content (AvgIpc) is 2.23. The molecule has 0 aromatic carbocycles. The first-order chi connectivity index (χ1) is 7.28. The Morgan fingerprint density at radius 2 is 2.00 bits per heavy atom. The van der Waals surface area contributed by atoms with Gasteiger partial charge in [0, 0.05) is 6.54 Å². The van der Waals surface area contributed by atoms with E-state index in [1.165, 1.54) is 0 Å². The van der Waals surface area contributed by atoms with Gasteiger partial charge < -0.3 is 10.6 Å². The zero-order valence-electron chi connectivity index (χ0n) is 9.97. The Morgan fingerprint density at radius 1 is 1.44 bits per heavy atom. The van der Waals surface area contributed by atoms with E-state index >= 15 is 0 Å². The van der Waals surface area contributed by atoms with Crippen molar-refractivity contribution in [2.45, 2.75) is 24.7 Å². The zero-order valence-corrected chi connectivity index (χ0v) is 12.1. The molecule has 0 bridgehead atoms. The van der Waals surface area contributed by atoms with Crippen LogP contribution in [0.3, 0.4) is 0 Å². The third kappa shape index (κ3) is 6.81. The van der Waals surface area contributed by atoms with Gasteiger partial charge in [0.05, 0.1) is 10.5 Å². The van der Waals surface area contributed by atoms with E-state index in [9.17, 15) is 9.59 Å². The second kappa shape index (κ2) is 6.88. The van der Waals surface area contributed by atoms with Crippen LogP contribution in [0.1, 0.15) is 20.8 Å². The van der Waals surface area contributed by atoms with E-state index < -0.39 is 0 Å². The number of alkyl halides is 1. The Morgan fingerprint density at radius 3 is 2.44 bits per heavy atom. The predicted molar refractivity (Wildman–Crippen MR) is 73.5 cm³/mol. The highest BCUT2D eigenvalue weighted by molar-refractivity contribution is 14.1. The van der Waals surface area contributed by atoms with Gasteiger partial charge in [0.1, 0.15) is 0 Å². The summed E-state index contributed by atoms with van der Waals surface area (Å²) in [5.41, 5.74) is -0.129. The van der Waals surface area contributed by atoms with Gasteiger partial charge >= 0.3 is 0 Å². The molecule has 0 heterocycles. The lowest BCUT2D eigenvalue weighted by Gasteiger charge is -2.20. The van der Waals surface area contributed by atoms with Crippen LogP contribution in [0.15, 0.2) is 12.7 Å². The Labute approximate surface area is 110 Å². The second-order valence-electron chi connectivity index (χ2n) is 4.30. The molecular weight excluding hydrogens is 319 g/mol. The predicted octanol–water partition coefficient (Wildman–Crippen LogP) is 1.25. The van der Waals surface area contributed by atoms with Crippen LogP contribution in [0.5, 0.6) is 0 Å². The van der Waals surface area contributed by atoms with Crippen molar-refractivity contribution in [1.82, 2.24) is 10.6 Å². The van der Waals surface area contributed by atoms with Crippen LogP contribution in [0.25, 0.3) is 0 Å². The summed E-state index contributed by atoms with van der Waals surface area (Å²) >= 11 is 2.00. The van der Waals surface area contributed by atoms with Gasteiger partial charge in [-0.3, -0.25) is 9.59 Å². The standard InChI is InChI=1S/C11H19IN2O2/c1-5-11(3,4)7-14-9(15)6-13-10(16)8(2)12/h5,8H,1,6-7H2,2-4H3,(H,13,16)(H,14,15)/t8-/m0/s1. The number of nitrogens with one attached hydrogen (secondary N) is 2. The number of halogens is 1. The molecule has 0 aliphatic carbocycles. The van der Waals surface area contributed by atoms with Crippen LogP contribution in [0.4, 0.5) is 0 Å². The third-order valence-corrected chi connectivity index (χ3v) is 2.64. The summed E-state index contributed by atoms with van der Waals surface area (Å²) in [6.07, 6.45) is 1.79. The zero-order chi connectivity index (χ0) is 12.8. The van der Waals surface area contributed by atoms with Crippen LogP contribution in [-0.4, -0.2) is 28.8 Å². The van der Waals surface area contributed by atoms with E-state index in [2.05, 4.69) is 17.2 Å². The van der Waals surface area contributed by atoms with Crippen molar-refractivity contribution in [3.63, 3.8) is 0 Å². The fourth-order valence-corrected chi connectivity index (χ4v) is 0.989. The van der Waals surface area contributed by atoms with E-state index in [1.54, 1.807) is 13.0 Å². The molecule has 2 amide bonds. The van der Waals surface area contributed by atoms with Crippen molar-refractivity contribution < 1.29 is 9.59 Å². The second-order valence-corrected chi connectivity index (χ2v) is 6.17. The van der Waals surface area contributed by atoms with Crippen LogP contribution >= 0.6 is 22.6 Å². The molecule has 92 valence electrons. The van der Waals surface area contributed by atoms with Gasteiger partial charge in [-0.1, -0.05) is 42.5 Å². The number of carbonyl (C=O) groups is 2. The summed E-state index contributed by atoms with van der Waals surface area (Å²) in [6, 6.07) is 0. The Hall–Kier alpha value is -0.590. The molecule has 5 heteroatoms. The molecule has 0 spiro atoms. The van der Waals surface area contributed by atoms with Crippen molar-refractivity contribution in [3.05, 3.63) is 12.7 Å². The van der Waals surface area contributed by atoms with Crippen molar-refractivity contribution in [1.29, 1.82) is 0 Å². The fraction of sp³-hybridized carbons (Fsp3) is 0.636. The summed E-state index contributed by atoms with van der Waals surface area (Å²) in [4.78, 5) is 22.6. The molecule has 4 nitrogen and oxygen atoms in total. The highest BCUT2D eigenvalue weighted by Crippen LogP contribution is 2.13. The summed E-state index contributed by atoms with van der Waals surface area (Å²) in [5.74, 6) is -0.306. The lowest BCUT2D eigenvalue weighted by Crippen LogP contribution is -2.41. The SMILES string of the molecule is C=CC(C)(C)CNC(=O)CNC(=O)[C@H](C)I. The van der Waals surface area contributed by atoms with Gasteiger partial charge in [0.25, 0.3) is 0 Å². The highest BCUT2D eigenvalue weighted by atomic mass is 127. The first-order valence-corrected chi connectivity index (χ1v) is 6.35. The third-order valence-electron chi connectivity index (χ3n) is 2.08. The minimum atomic E-state index is -0.180. The number of amides is 2. The Bertz CT molecular complexity index is 275. The van der Waals surface area contributed by atoms with Crippen molar-refractivity contribution in [2.75, 3.05) is 13.1 Å². The monoisotopic (exact) mass is 338 g/mol. The van der Waals surface area contributed by atoms with Gasteiger partial charge in [-0.15, -0.1) is 6.58 Å². The van der Waals surface area contributed by atoms with Crippen LogP contribution < -0.4 is 10.6 Å². The molecule has 0 saturated carbocycles. The lowest BCUT2D eigenvalue weighted by molar-refractivity contribution is -0.125. The average molecular weight is 338 g/mol. The molecule has 0 rings (SSSR count). The molecule has 0 aliphatic heterocycles. The van der Waals surface area contributed by atoms with Gasteiger partial charge in [-0.25, -0.2) is 0 Å². The molecule has 0 radical (unpaired) electrons. The molecule has 0 unspecified atom stereocenters. The van der Waals surface area contributed by atoms with Crippen molar-refractivity contribution in [3.8, 4) is 0 Å². The van der Waals surface area contributed by atoms with Gasteiger partial charge in [0.15, 0.2) is 0 Å². The maximum Gasteiger partial charge on any atom is 0.239 e. The minimum absolute atomic E-state index is 0.0272. The number of hydrogen-bond acceptors (Lipinski definition) is 2. The van der Waals surface area contributed by atoms with Crippen LogP contribution in [0, 0.1) is 5.41 Å². The van der Waals surface area contributed by atoms with Crippen LogP contribution in [-0.2, 0) is 9.59 Å². The molecule has 0 fully saturated rings. The van der Waals surface area contributed by atoms with Crippen molar-refractivity contribution >= 4 is 34.4 Å². The van der Waals surface area contributed by atoms with E-state index in [0.717, 1.165) is 0 Å². The highest BCUT2D eigenvalue weighted by Gasteiger charge is 2.15. The summed E-state index contributed by atoms with van der Waals surface area (Å²) in [7, 11) is 0. The molecular formula is C11H19IN2O2. The molecule has 0 saturated heterocycles. The first kappa shape index (κ1) is 15.4.